The van der Waals surface area contributed by atoms with Gasteiger partial charge in [-0.3, -0.25) is 14.6 Å². The average molecular weight is 383 g/mol. The number of aromatic nitrogens is 1. The molecule has 1 aliphatic heterocycles. The predicted octanol–water partition coefficient (Wildman–Crippen LogP) is 3.32. The van der Waals surface area contributed by atoms with Crippen LogP contribution in [0.25, 0.3) is 0 Å². The molecule has 2 amide bonds. The summed E-state index contributed by atoms with van der Waals surface area (Å²) in [6.07, 6.45) is 1.83. The molecule has 0 saturated carbocycles. The molecule has 0 radical (unpaired) electrons. The van der Waals surface area contributed by atoms with Gasteiger partial charge < -0.3 is 9.80 Å². The lowest BCUT2D eigenvalue weighted by molar-refractivity contribution is -0.124. The third-order valence-electron chi connectivity index (χ3n) is 4.71. The first-order valence-electron chi connectivity index (χ1n) is 8.69. The van der Waals surface area contributed by atoms with E-state index in [4.69, 9.17) is 16.9 Å². The lowest BCUT2D eigenvalue weighted by Crippen LogP contribution is -2.38. The van der Waals surface area contributed by atoms with E-state index in [2.05, 4.69) is 4.98 Å². The Morgan fingerprint density at radius 1 is 1.44 bits per heavy atom. The van der Waals surface area contributed by atoms with E-state index in [0.717, 1.165) is 11.4 Å². The normalized spacial score (nSPS) is 16.3. The Morgan fingerprint density at radius 3 is 2.85 bits per heavy atom. The molecule has 1 unspecified atom stereocenters. The Kier molecular flexibility index (Phi) is 5.43. The molecule has 1 aromatic heterocycles. The molecular weight excluding hydrogens is 364 g/mol. The minimum atomic E-state index is -0.438. The van der Waals surface area contributed by atoms with Crippen LogP contribution in [-0.2, 0) is 9.59 Å². The van der Waals surface area contributed by atoms with Crippen molar-refractivity contribution in [1.29, 1.82) is 5.26 Å². The topological polar surface area (TPSA) is 77.3 Å². The third kappa shape index (κ3) is 3.64. The number of halogens is 1. The van der Waals surface area contributed by atoms with E-state index in [1.807, 2.05) is 26.0 Å². The van der Waals surface area contributed by atoms with Crippen LogP contribution in [0.15, 0.2) is 36.5 Å². The maximum Gasteiger partial charge on any atom is 0.232 e. The van der Waals surface area contributed by atoms with Gasteiger partial charge in [0.15, 0.2) is 0 Å². The second-order valence-electron chi connectivity index (χ2n) is 6.37. The summed E-state index contributed by atoms with van der Waals surface area (Å²) in [5.41, 5.74) is 2.48. The maximum atomic E-state index is 13.1. The van der Waals surface area contributed by atoms with Gasteiger partial charge in [-0.15, -0.1) is 0 Å². The van der Waals surface area contributed by atoms with E-state index in [-0.39, 0.29) is 24.8 Å². The van der Waals surface area contributed by atoms with Gasteiger partial charge in [0.05, 0.1) is 27.9 Å². The Morgan fingerprint density at radius 2 is 2.22 bits per heavy atom. The molecule has 0 spiro atoms. The van der Waals surface area contributed by atoms with Crippen molar-refractivity contribution in [3.8, 4) is 6.07 Å². The van der Waals surface area contributed by atoms with E-state index >= 15 is 0 Å². The van der Waals surface area contributed by atoms with E-state index < -0.39 is 5.92 Å². The van der Waals surface area contributed by atoms with Crippen LogP contribution in [0.1, 0.15) is 24.6 Å². The number of anilines is 2. The average Bonchev–Trinajstić information content (AvgIpc) is 3.05. The highest BCUT2D eigenvalue weighted by molar-refractivity contribution is 6.32. The third-order valence-corrected chi connectivity index (χ3v) is 5.02. The molecule has 6 nitrogen and oxygen atoms in total. The van der Waals surface area contributed by atoms with Crippen molar-refractivity contribution in [1.82, 2.24) is 4.98 Å². The van der Waals surface area contributed by atoms with Crippen molar-refractivity contribution >= 4 is 34.8 Å². The summed E-state index contributed by atoms with van der Waals surface area (Å²) in [6.45, 7) is 4.55. The van der Waals surface area contributed by atoms with Crippen LogP contribution in [0.4, 0.5) is 11.4 Å². The number of aryl methyl sites for hydroxylation is 1. The zero-order valence-electron chi connectivity index (χ0n) is 15.1. The van der Waals surface area contributed by atoms with Crippen LogP contribution < -0.4 is 9.80 Å². The smallest absolute Gasteiger partial charge is 0.232 e. The van der Waals surface area contributed by atoms with E-state index in [1.165, 1.54) is 0 Å². The van der Waals surface area contributed by atoms with Crippen molar-refractivity contribution in [2.24, 2.45) is 5.92 Å². The molecule has 1 saturated heterocycles. The van der Waals surface area contributed by atoms with Gasteiger partial charge in [-0.2, -0.15) is 5.26 Å². The molecule has 1 atom stereocenters. The highest BCUT2D eigenvalue weighted by Gasteiger charge is 2.37. The fourth-order valence-corrected chi connectivity index (χ4v) is 3.53. The number of hydrogen-bond acceptors (Lipinski definition) is 4. The summed E-state index contributed by atoms with van der Waals surface area (Å²) < 4.78 is 0. The number of pyridine rings is 1. The van der Waals surface area contributed by atoms with Gasteiger partial charge in [0.2, 0.25) is 11.8 Å². The monoisotopic (exact) mass is 382 g/mol. The number of nitrogens with zero attached hydrogens (tertiary/aromatic N) is 4. The number of carbonyl (C=O) groups is 2. The molecule has 1 fully saturated rings. The van der Waals surface area contributed by atoms with Crippen LogP contribution in [0.5, 0.6) is 0 Å². The number of carbonyl (C=O) groups excluding carboxylic acids is 2. The van der Waals surface area contributed by atoms with Crippen LogP contribution in [0, 0.1) is 24.2 Å². The van der Waals surface area contributed by atoms with Crippen LogP contribution in [0.2, 0.25) is 5.02 Å². The summed E-state index contributed by atoms with van der Waals surface area (Å²) in [5.74, 6) is -0.663. The Hall–Kier alpha value is -2.91. The van der Waals surface area contributed by atoms with Crippen molar-refractivity contribution in [2.75, 3.05) is 22.9 Å². The fraction of sp³-hybridized carbons (Fsp3) is 0.300. The number of nitriles is 1. The van der Waals surface area contributed by atoms with Crippen LogP contribution in [-0.4, -0.2) is 29.9 Å². The first-order chi connectivity index (χ1) is 13.0. The standard InChI is InChI=1S/C20H19ClN4O2/c1-3-24(18-5-4-8-23-13(18)2)20(27)15-9-19(26)25(12-15)16-7-6-14(11-22)17(21)10-16/h4-8,10,15H,3,9,12H2,1-2H3. The van der Waals surface area contributed by atoms with Crippen molar-refractivity contribution in [2.45, 2.75) is 20.3 Å². The number of amides is 2. The van der Waals surface area contributed by atoms with Gasteiger partial charge in [-0.25, -0.2) is 0 Å². The van der Waals surface area contributed by atoms with Crippen molar-refractivity contribution < 1.29 is 9.59 Å². The molecule has 1 aromatic carbocycles. The zero-order chi connectivity index (χ0) is 19.6. The fourth-order valence-electron chi connectivity index (χ4n) is 3.31. The first-order valence-corrected chi connectivity index (χ1v) is 9.07. The highest BCUT2D eigenvalue weighted by atomic mass is 35.5. The summed E-state index contributed by atoms with van der Waals surface area (Å²) in [5, 5.41) is 9.28. The zero-order valence-corrected chi connectivity index (χ0v) is 15.9. The van der Waals surface area contributed by atoms with Crippen LogP contribution in [0.3, 0.4) is 0 Å². The lowest BCUT2D eigenvalue weighted by atomic mass is 10.1. The second kappa shape index (κ2) is 7.77. The molecule has 0 bridgehead atoms. The van der Waals surface area contributed by atoms with Gasteiger partial charge in [0.25, 0.3) is 0 Å². The molecule has 3 rings (SSSR count). The Labute approximate surface area is 163 Å². The van der Waals surface area contributed by atoms with E-state index in [1.54, 1.807) is 40.3 Å². The van der Waals surface area contributed by atoms with Gasteiger partial charge >= 0.3 is 0 Å². The summed E-state index contributed by atoms with van der Waals surface area (Å²) in [4.78, 5) is 33.1. The summed E-state index contributed by atoms with van der Waals surface area (Å²) >= 11 is 6.08. The van der Waals surface area contributed by atoms with Crippen molar-refractivity contribution in [3.05, 3.63) is 52.8 Å². The minimum absolute atomic E-state index is 0.0933. The number of rotatable bonds is 4. The molecular formula is C20H19ClN4O2. The Bertz CT molecular complexity index is 938. The largest absolute Gasteiger partial charge is 0.312 e. The molecule has 2 heterocycles. The highest BCUT2D eigenvalue weighted by Crippen LogP contribution is 2.30. The first kappa shape index (κ1) is 18.9. The quantitative estimate of drug-likeness (QED) is 0.812. The molecule has 1 aliphatic rings. The van der Waals surface area contributed by atoms with Gasteiger partial charge in [-0.05, 0) is 44.2 Å². The predicted molar refractivity (Wildman–Crippen MR) is 104 cm³/mol. The Balaban J connectivity index is 1.82. The molecule has 7 heteroatoms. The van der Waals surface area contributed by atoms with Crippen LogP contribution >= 0.6 is 11.6 Å². The number of benzene rings is 1. The summed E-state index contributed by atoms with van der Waals surface area (Å²) in [7, 11) is 0. The molecule has 2 aromatic rings. The molecule has 0 N–H and O–H groups in total. The van der Waals surface area contributed by atoms with E-state index in [0.29, 0.717) is 22.8 Å². The minimum Gasteiger partial charge on any atom is -0.312 e. The van der Waals surface area contributed by atoms with Gasteiger partial charge in [-0.1, -0.05) is 11.6 Å². The second-order valence-corrected chi connectivity index (χ2v) is 6.78. The van der Waals surface area contributed by atoms with Gasteiger partial charge in [0.1, 0.15) is 6.07 Å². The SMILES string of the molecule is CCN(C(=O)C1CC(=O)N(c2ccc(C#N)c(Cl)c2)C1)c1cccnc1C. The number of hydrogen-bond donors (Lipinski definition) is 0. The lowest BCUT2D eigenvalue weighted by Gasteiger charge is -2.25. The molecule has 27 heavy (non-hydrogen) atoms. The maximum absolute atomic E-state index is 13.1. The van der Waals surface area contributed by atoms with Gasteiger partial charge in [0, 0.05) is 31.4 Å². The molecule has 138 valence electrons. The summed E-state index contributed by atoms with van der Waals surface area (Å²) in [6, 6.07) is 10.5. The van der Waals surface area contributed by atoms with Crippen molar-refractivity contribution in [3.63, 3.8) is 0 Å². The molecule has 0 aliphatic carbocycles. The van der Waals surface area contributed by atoms with E-state index in [9.17, 15) is 9.59 Å².